The van der Waals surface area contributed by atoms with Gasteiger partial charge in [0.05, 0.1) is 5.69 Å². The highest BCUT2D eigenvalue weighted by Gasteiger charge is 2.22. The van der Waals surface area contributed by atoms with Crippen molar-refractivity contribution in [2.24, 2.45) is 0 Å². The third kappa shape index (κ3) is 1.19. The maximum absolute atomic E-state index is 4.57. The topological polar surface area (TPSA) is 12.9 Å². The molecular weight excluding hydrogens is 218 g/mol. The van der Waals surface area contributed by atoms with Gasteiger partial charge in [0.2, 0.25) is 0 Å². The Hall–Kier alpha value is -2.15. The molecule has 3 aromatic rings. The van der Waals surface area contributed by atoms with E-state index in [4.69, 9.17) is 0 Å². The molecule has 0 unspecified atom stereocenters. The molecule has 18 heavy (non-hydrogen) atoms. The Balaban J connectivity index is 2.14. The van der Waals surface area contributed by atoms with Crippen LogP contribution in [0, 0.1) is 6.92 Å². The predicted molar refractivity (Wildman–Crippen MR) is 74.7 cm³/mol. The first-order valence-corrected chi connectivity index (χ1v) is 6.30. The van der Waals surface area contributed by atoms with Crippen molar-refractivity contribution in [3.63, 3.8) is 0 Å². The highest BCUT2D eigenvalue weighted by Crippen LogP contribution is 2.40. The number of rotatable bonds is 0. The molecule has 0 radical (unpaired) electrons. The largest absolute Gasteiger partial charge is 0.256 e. The fourth-order valence-electron chi connectivity index (χ4n) is 3.08. The van der Waals surface area contributed by atoms with Gasteiger partial charge in [-0.15, -0.1) is 0 Å². The Labute approximate surface area is 106 Å². The van der Waals surface area contributed by atoms with Crippen LogP contribution in [-0.4, -0.2) is 4.98 Å². The second kappa shape index (κ2) is 3.42. The van der Waals surface area contributed by atoms with Crippen LogP contribution in [0.3, 0.4) is 0 Å². The van der Waals surface area contributed by atoms with Crippen LogP contribution in [0.1, 0.15) is 16.7 Å². The van der Waals surface area contributed by atoms with Crippen LogP contribution in [0.15, 0.2) is 48.7 Å². The van der Waals surface area contributed by atoms with E-state index in [1.807, 2.05) is 12.3 Å². The second-order valence-electron chi connectivity index (χ2n) is 4.94. The minimum absolute atomic E-state index is 1.02. The summed E-state index contributed by atoms with van der Waals surface area (Å²) in [6.07, 6.45) is 2.91. The monoisotopic (exact) mass is 231 g/mol. The molecule has 0 N–H and O–H groups in total. The fourth-order valence-corrected chi connectivity index (χ4v) is 3.08. The van der Waals surface area contributed by atoms with E-state index < -0.39 is 0 Å². The molecular formula is C17H13N. The molecule has 0 spiro atoms. The summed E-state index contributed by atoms with van der Waals surface area (Å²) >= 11 is 0. The maximum Gasteiger partial charge on any atom is 0.0743 e. The molecule has 0 atom stereocenters. The van der Waals surface area contributed by atoms with Crippen LogP contribution < -0.4 is 0 Å². The maximum atomic E-state index is 4.57. The van der Waals surface area contributed by atoms with Gasteiger partial charge in [-0.2, -0.15) is 0 Å². The van der Waals surface area contributed by atoms with Crippen molar-refractivity contribution in [1.82, 2.24) is 4.98 Å². The number of fused-ring (bicyclic) bond motifs is 4. The number of benzene rings is 2. The number of pyridine rings is 1. The van der Waals surface area contributed by atoms with Crippen molar-refractivity contribution in [1.29, 1.82) is 0 Å². The average molecular weight is 231 g/mol. The Kier molecular flexibility index (Phi) is 1.87. The average Bonchev–Trinajstić information content (AvgIpc) is 2.77. The summed E-state index contributed by atoms with van der Waals surface area (Å²) in [4.78, 5) is 4.57. The normalized spacial score (nSPS) is 12.5. The van der Waals surface area contributed by atoms with E-state index in [2.05, 4.69) is 48.3 Å². The van der Waals surface area contributed by atoms with Crippen LogP contribution in [0.4, 0.5) is 0 Å². The third-order valence-electron chi connectivity index (χ3n) is 3.90. The van der Waals surface area contributed by atoms with Gasteiger partial charge >= 0.3 is 0 Å². The van der Waals surface area contributed by atoms with Crippen molar-refractivity contribution in [3.8, 4) is 11.3 Å². The van der Waals surface area contributed by atoms with Crippen LogP contribution in [-0.2, 0) is 6.42 Å². The number of hydrogen-bond donors (Lipinski definition) is 0. The first-order valence-electron chi connectivity index (χ1n) is 6.30. The third-order valence-corrected chi connectivity index (χ3v) is 3.90. The zero-order valence-corrected chi connectivity index (χ0v) is 10.3. The molecule has 1 aliphatic rings. The predicted octanol–water partition coefficient (Wildman–Crippen LogP) is 4.11. The van der Waals surface area contributed by atoms with Crippen molar-refractivity contribution in [2.45, 2.75) is 13.3 Å². The number of aromatic nitrogens is 1. The highest BCUT2D eigenvalue weighted by atomic mass is 14.7. The smallest absolute Gasteiger partial charge is 0.0743 e. The summed E-state index contributed by atoms with van der Waals surface area (Å²) < 4.78 is 0. The van der Waals surface area contributed by atoms with Gasteiger partial charge in [-0.25, -0.2) is 0 Å². The quantitative estimate of drug-likeness (QED) is 0.443. The summed E-state index contributed by atoms with van der Waals surface area (Å²) in [5.74, 6) is 0. The van der Waals surface area contributed by atoms with Crippen LogP contribution >= 0.6 is 0 Å². The minimum atomic E-state index is 1.02. The van der Waals surface area contributed by atoms with E-state index in [1.54, 1.807) is 0 Å². The van der Waals surface area contributed by atoms with Gasteiger partial charge in [0.15, 0.2) is 0 Å². The Morgan fingerprint density at radius 2 is 1.89 bits per heavy atom. The van der Waals surface area contributed by atoms with E-state index >= 15 is 0 Å². The van der Waals surface area contributed by atoms with Crippen molar-refractivity contribution >= 4 is 10.8 Å². The zero-order chi connectivity index (χ0) is 12.1. The lowest BCUT2D eigenvalue weighted by Crippen LogP contribution is -1.88. The van der Waals surface area contributed by atoms with E-state index in [0.717, 1.165) is 6.42 Å². The van der Waals surface area contributed by atoms with E-state index in [-0.39, 0.29) is 0 Å². The number of hydrogen-bond acceptors (Lipinski definition) is 1. The van der Waals surface area contributed by atoms with Crippen LogP contribution in [0.5, 0.6) is 0 Å². The molecule has 0 bridgehead atoms. The van der Waals surface area contributed by atoms with E-state index in [1.165, 1.54) is 38.7 Å². The Morgan fingerprint density at radius 3 is 2.83 bits per heavy atom. The summed E-state index contributed by atoms with van der Waals surface area (Å²) in [6, 6.07) is 15.1. The number of nitrogens with zero attached hydrogens (tertiary/aromatic N) is 1. The molecule has 1 heterocycles. The molecule has 86 valence electrons. The molecule has 1 aliphatic carbocycles. The SMILES string of the molecule is Cc1c2c(cc3ccccc13)Cc1cccnc1-2. The van der Waals surface area contributed by atoms with Gasteiger partial charge in [-0.3, -0.25) is 4.98 Å². The summed E-state index contributed by atoms with van der Waals surface area (Å²) in [6.45, 7) is 2.21. The van der Waals surface area contributed by atoms with Gasteiger partial charge in [-0.1, -0.05) is 36.4 Å². The molecule has 1 heteroatoms. The van der Waals surface area contributed by atoms with Crippen molar-refractivity contribution in [3.05, 3.63) is 65.4 Å². The summed E-state index contributed by atoms with van der Waals surface area (Å²) in [5.41, 5.74) is 6.66. The molecule has 2 aromatic carbocycles. The van der Waals surface area contributed by atoms with Gasteiger partial charge in [0.1, 0.15) is 0 Å². The minimum Gasteiger partial charge on any atom is -0.256 e. The molecule has 0 fully saturated rings. The summed E-state index contributed by atoms with van der Waals surface area (Å²) in [5, 5.41) is 2.68. The standard InChI is InChI=1S/C17H13N/c1-11-15-7-3-2-5-12(15)9-14-10-13-6-4-8-18-17(13)16(11)14/h2-9H,10H2,1H3. The lowest BCUT2D eigenvalue weighted by molar-refractivity contribution is 1.23. The van der Waals surface area contributed by atoms with E-state index in [0.29, 0.717) is 0 Å². The first kappa shape index (κ1) is 9.84. The lowest BCUT2D eigenvalue weighted by Gasteiger charge is -2.09. The molecule has 0 saturated heterocycles. The van der Waals surface area contributed by atoms with Gasteiger partial charge in [0.25, 0.3) is 0 Å². The van der Waals surface area contributed by atoms with Crippen molar-refractivity contribution in [2.75, 3.05) is 0 Å². The molecule has 0 aliphatic heterocycles. The molecule has 1 aromatic heterocycles. The van der Waals surface area contributed by atoms with Crippen LogP contribution in [0.25, 0.3) is 22.0 Å². The fraction of sp³-hybridized carbons (Fsp3) is 0.118. The molecule has 1 nitrogen and oxygen atoms in total. The molecule has 4 rings (SSSR count). The Morgan fingerprint density at radius 1 is 1.00 bits per heavy atom. The summed E-state index contributed by atoms with van der Waals surface area (Å²) in [7, 11) is 0. The first-order chi connectivity index (χ1) is 8.84. The highest BCUT2D eigenvalue weighted by molar-refractivity contribution is 5.94. The van der Waals surface area contributed by atoms with Gasteiger partial charge < -0.3 is 0 Å². The van der Waals surface area contributed by atoms with Crippen LogP contribution in [0.2, 0.25) is 0 Å². The van der Waals surface area contributed by atoms with Gasteiger partial charge in [-0.05, 0) is 40.5 Å². The molecule has 0 saturated carbocycles. The van der Waals surface area contributed by atoms with Gasteiger partial charge in [0, 0.05) is 18.2 Å². The van der Waals surface area contributed by atoms with Crippen molar-refractivity contribution < 1.29 is 0 Å². The lowest BCUT2D eigenvalue weighted by atomic mass is 9.96. The van der Waals surface area contributed by atoms with E-state index in [9.17, 15) is 0 Å². The second-order valence-corrected chi connectivity index (χ2v) is 4.94. The number of aryl methyl sites for hydroxylation is 1. The Bertz CT molecular complexity index is 772. The zero-order valence-electron chi connectivity index (χ0n) is 10.3. The molecule has 0 amide bonds.